The lowest BCUT2D eigenvalue weighted by Crippen LogP contribution is -2.25. The zero-order valence-electron chi connectivity index (χ0n) is 16.4. The average molecular weight is 424 g/mol. The highest BCUT2D eigenvalue weighted by Crippen LogP contribution is 2.30. The van der Waals surface area contributed by atoms with Crippen molar-refractivity contribution >= 4 is 35.1 Å². The third-order valence-corrected chi connectivity index (χ3v) is 5.95. The number of ether oxygens (including phenoxy) is 2. The first-order valence-corrected chi connectivity index (χ1v) is 10.9. The number of rotatable bonds is 10. The van der Waals surface area contributed by atoms with Gasteiger partial charge in [-0.25, -0.2) is 4.98 Å². The molecule has 28 heavy (non-hydrogen) atoms. The molecule has 1 aromatic heterocycles. The van der Waals surface area contributed by atoms with Crippen LogP contribution < -0.4 is 20.3 Å². The SMILES string of the molecule is CCSCc1cc(=O)[nH]c(SC(CC)C(=O)Nc2ccc(OC)c(OC)c2)n1. The predicted molar refractivity (Wildman–Crippen MR) is 115 cm³/mol. The van der Waals surface area contributed by atoms with Gasteiger partial charge in [0.25, 0.3) is 5.56 Å². The maximum absolute atomic E-state index is 12.7. The van der Waals surface area contributed by atoms with E-state index < -0.39 is 5.25 Å². The Balaban J connectivity index is 2.11. The van der Waals surface area contributed by atoms with Crippen molar-refractivity contribution in [3.63, 3.8) is 0 Å². The van der Waals surface area contributed by atoms with Crippen molar-refractivity contribution in [2.45, 2.75) is 36.4 Å². The number of anilines is 1. The number of methoxy groups -OCH3 is 2. The number of carbonyl (C=O) groups excluding carboxylic acids is 1. The fourth-order valence-electron chi connectivity index (χ4n) is 2.41. The molecule has 2 rings (SSSR count). The number of hydrogen-bond donors (Lipinski definition) is 2. The van der Waals surface area contributed by atoms with Gasteiger partial charge in [0.1, 0.15) is 0 Å². The molecule has 152 valence electrons. The second-order valence-corrected chi connectivity index (χ2v) is 8.22. The summed E-state index contributed by atoms with van der Waals surface area (Å²) in [5, 5.41) is 2.94. The van der Waals surface area contributed by atoms with Gasteiger partial charge in [-0.2, -0.15) is 11.8 Å². The Morgan fingerprint density at radius 3 is 2.61 bits per heavy atom. The van der Waals surface area contributed by atoms with Gasteiger partial charge in [-0.15, -0.1) is 0 Å². The van der Waals surface area contributed by atoms with Crippen LogP contribution in [0.2, 0.25) is 0 Å². The second-order valence-electron chi connectivity index (χ2n) is 5.75. The molecule has 1 heterocycles. The number of H-pyrrole nitrogens is 1. The molecule has 1 aromatic carbocycles. The number of nitrogens with zero attached hydrogens (tertiary/aromatic N) is 1. The van der Waals surface area contributed by atoms with E-state index in [0.29, 0.717) is 40.2 Å². The third-order valence-electron chi connectivity index (χ3n) is 3.80. The van der Waals surface area contributed by atoms with Crippen molar-refractivity contribution in [2.75, 3.05) is 25.3 Å². The van der Waals surface area contributed by atoms with Crippen LogP contribution in [-0.4, -0.2) is 41.1 Å². The Kier molecular flexibility index (Phi) is 8.72. The number of amides is 1. The number of nitrogens with one attached hydrogen (secondary N) is 2. The van der Waals surface area contributed by atoms with Gasteiger partial charge in [0.2, 0.25) is 5.91 Å². The summed E-state index contributed by atoms with van der Waals surface area (Å²) in [6.07, 6.45) is 0.585. The van der Waals surface area contributed by atoms with Gasteiger partial charge >= 0.3 is 0 Å². The predicted octanol–water partition coefficient (Wildman–Crippen LogP) is 3.55. The highest BCUT2D eigenvalue weighted by molar-refractivity contribution is 8.00. The van der Waals surface area contributed by atoms with E-state index in [1.165, 1.54) is 17.8 Å². The van der Waals surface area contributed by atoms with E-state index in [4.69, 9.17) is 9.47 Å². The van der Waals surface area contributed by atoms with Crippen molar-refractivity contribution < 1.29 is 14.3 Å². The molecule has 9 heteroatoms. The molecule has 0 aliphatic carbocycles. The minimum atomic E-state index is -0.398. The van der Waals surface area contributed by atoms with Crippen LogP contribution in [0.3, 0.4) is 0 Å². The molecule has 0 saturated heterocycles. The summed E-state index contributed by atoms with van der Waals surface area (Å²) in [7, 11) is 3.10. The molecular weight excluding hydrogens is 398 g/mol. The number of carbonyl (C=O) groups is 1. The van der Waals surface area contributed by atoms with Crippen molar-refractivity contribution in [3.05, 3.63) is 40.3 Å². The minimum Gasteiger partial charge on any atom is -0.493 e. The van der Waals surface area contributed by atoms with Crippen LogP contribution in [-0.2, 0) is 10.5 Å². The molecule has 0 fully saturated rings. The summed E-state index contributed by atoms with van der Waals surface area (Å²) in [6, 6.07) is 6.68. The van der Waals surface area contributed by atoms with Gasteiger partial charge in [0.15, 0.2) is 16.7 Å². The number of aromatic amines is 1. The van der Waals surface area contributed by atoms with Gasteiger partial charge in [-0.3, -0.25) is 9.59 Å². The maximum atomic E-state index is 12.7. The van der Waals surface area contributed by atoms with E-state index in [1.54, 1.807) is 44.2 Å². The van der Waals surface area contributed by atoms with E-state index in [0.717, 1.165) is 5.75 Å². The molecular formula is C19H25N3O4S2. The average Bonchev–Trinajstić information content (AvgIpc) is 2.69. The molecule has 2 aromatic rings. The van der Waals surface area contributed by atoms with Crippen molar-refractivity contribution in [1.82, 2.24) is 9.97 Å². The monoisotopic (exact) mass is 423 g/mol. The molecule has 1 unspecified atom stereocenters. The first-order valence-electron chi connectivity index (χ1n) is 8.88. The molecule has 0 aliphatic heterocycles. The molecule has 0 radical (unpaired) electrons. The van der Waals surface area contributed by atoms with Gasteiger partial charge in [0.05, 0.1) is 25.2 Å². The Morgan fingerprint density at radius 1 is 1.21 bits per heavy atom. The summed E-state index contributed by atoms with van der Waals surface area (Å²) in [5.41, 5.74) is 1.11. The highest BCUT2D eigenvalue weighted by Gasteiger charge is 2.20. The molecule has 2 N–H and O–H groups in total. The lowest BCUT2D eigenvalue weighted by Gasteiger charge is -2.15. The van der Waals surface area contributed by atoms with Crippen molar-refractivity contribution in [1.29, 1.82) is 0 Å². The summed E-state index contributed by atoms with van der Waals surface area (Å²) in [5.74, 6) is 2.57. The van der Waals surface area contributed by atoms with E-state index in [1.807, 2.05) is 6.92 Å². The minimum absolute atomic E-state index is 0.171. The van der Waals surface area contributed by atoms with Gasteiger partial charge in [-0.05, 0) is 24.3 Å². The van der Waals surface area contributed by atoms with E-state index in [-0.39, 0.29) is 11.5 Å². The summed E-state index contributed by atoms with van der Waals surface area (Å²) in [6.45, 7) is 3.97. The van der Waals surface area contributed by atoms with Gasteiger partial charge < -0.3 is 19.8 Å². The molecule has 1 atom stereocenters. The number of aromatic nitrogens is 2. The standard InChI is InChI=1S/C19H25N3O4S2/c1-5-16(28-19-21-13(11-27-6-2)10-17(23)22-19)18(24)20-12-7-8-14(25-3)15(9-12)26-4/h7-10,16H,5-6,11H2,1-4H3,(H,20,24)(H,21,22,23). The molecule has 0 saturated carbocycles. The van der Waals surface area contributed by atoms with Gasteiger partial charge in [-0.1, -0.05) is 25.6 Å². The molecule has 0 aliphatic rings. The topological polar surface area (TPSA) is 93.3 Å². The third kappa shape index (κ3) is 6.20. The van der Waals surface area contributed by atoms with E-state index in [9.17, 15) is 9.59 Å². The van der Waals surface area contributed by atoms with Crippen LogP contribution in [0.25, 0.3) is 0 Å². The van der Waals surface area contributed by atoms with Gasteiger partial charge in [0, 0.05) is 23.6 Å². The molecule has 0 bridgehead atoms. The maximum Gasteiger partial charge on any atom is 0.251 e. The number of hydrogen-bond acceptors (Lipinski definition) is 7. The summed E-state index contributed by atoms with van der Waals surface area (Å²) < 4.78 is 10.5. The lowest BCUT2D eigenvalue weighted by molar-refractivity contribution is -0.115. The van der Waals surface area contributed by atoms with Crippen molar-refractivity contribution in [2.24, 2.45) is 0 Å². The Hall–Kier alpha value is -2.13. The lowest BCUT2D eigenvalue weighted by atomic mass is 10.2. The second kappa shape index (κ2) is 11.0. The first kappa shape index (κ1) is 22.2. The Morgan fingerprint density at radius 2 is 1.96 bits per heavy atom. The van der Waals surface area contributed by atoms with E-state index >= 15 is 0 Å². The van der Waals surface area contributed by atoms with Crippen LogP contribution in [0.15, 0.2) is 34.2 Å². The number of benzene rings is 1. The summed E-state index contributed by atoms with van der Waals surface area (Å²) >= 11 is 2.94. The van der Waals surface area contributed by atoms with Crippen LogP contribution in [0, 0.1) is 0 Å². The fraction of sp³-hybridized carbons (Fsp3) is 0.421. The van der Waals surface area contributed by atoms with Crippen LogP contribution in [0.4, 0.5) is 5.69 Å². The molecule has 7 nitrogen and oxygen atoms in total. The smallest absolute Gasteiger partial charge is 0.251 e. The zero-order chi connectivity index (χ0) is 20.5. The normalized spacial score (nSPS) is 11.7. The highest BCUT2D eigenvalue weighted by atomic mass is 32.2. The Bertz CT molecular complexity index is 857. The van der Waals surface area contributed by atoms with Crippen molar-refractivity contribution in [3.8, 4) is 11.5 Å². The molecule has 1 amide bonds. The van der Waals surface area contributed by atoms with E-state index in [2.05, 4.69) is 22.2 Å². The van der Waals surface area contributed by atoms with Crippen LogP contribution in [0.5, 0.6) is 11.5 Å². The van der Waals surface area contributed by atoms with Crippen LogP contribution in [0.1, 0.15) is 26.0 Å². The fourth-order valence-corrected chi connectivity index (χ4v) is 3.91. The quantitative estimate of drug-likeness (QED) is 0.446. The first-order chi connectivity index (χ1) is 13.5. The summed E-state index contributed by atoms with van der Waals surface area (Å²) in [4.78, 5) is 31.8. The number of thioether (sulfide) groups is 2. The zero-order valence-corrected chi connectivity index (χ0v) is 18.0. The van der Waals surface area contributed by atoms with Crippen LogP contribution >= 0.6 is 23.5 Å². The largest absolute Gasteiger partial charge is 0.493 e. The Labute approximate surface area is 173 Å². The molecule has 0 spiro atoms.